The van der Waals surface area contributed by atoms with Gasteiger partial charge in [0, 0.05) is 18.3 Å². The van der Waals surface area contributed by atoms with Crippen LogP contribution in [-0.2, 0) is 0 Å². The molecule has 0 atom stereocenters. The molecule has 1 N–H and O–H groups in total. The third-order valence-corrected chi connectivity index (χ3v) is 3.29. The van der Waals surface area contributed by atoms with Crippen LogP contribution in [0.4, 0.5) is 5.69 Å². The van der Waals surface area contributed by atoms with E-state index in [-0.39, 0.29) is 0 Å². The molecule has 0 fully saturated rings. The molecule has 0 spiro atoms. The molecule has 0 aliphatic carbocycles. The summed E-state index contributed by atoms with van der Waals surface area (Å²) < 4.78 is 16.2. The summed E-state index contributed by atoms with van der Waals surface area (Å²) >= 11 is 0. The lowest BCUT2D eigenvalue weighted by atomic mass is 10.2. The predicted molar refractivity (Wildman–Crippen MR) is 89.3 cm³/mol. The van der Waals surface area contributed by atoms with Crippen molar-refractivity contribution in [1.82, 2.24) is 0 Å². The topological polar surface area (TPSA) is 39.7 Å². The first-order valence-electron chi connectivity index (χ1n) is 7.38. The van der Waals surface area contributed by atoms with E-state index in [9.17, 15) is 0 Å². The predicted octanol–water partition coefficient (Wildman–Crippen LogP) is 3.89. The van der Waals surface area contributed by atoms with Gasteiger partial charge >= 0.3 is 0 Å². The monoisotopic (exact) mass is 301 g/mol. The third-order valence-electron chi connectivity index (χ3n) is 3.29. The van der Waals surface area contributed by atoms with Gasteiger partial charge in [-0.2, -0.15) is 0 Å². The highest BCUT2D eigenvalue weighted by Crippen LogP contribution is 2.29. The van der Waals surface area contributed by atoms with Gasteiger partial charge in [-0.15, -0.1) is 0 Å². The van der Waals surface area contributed by atoms with E-state index in [1.165, 1.54) is 5.56 Å². The van der Waals surface area contributed by atoms with Crippen molar-refractivity contribution in [1.29, 1.82) is 0 Å². The fraction of sp³-hybridized carbons (Fsp3) is 0.333. The highest BCUT2D eigenvalue weighted by Gasteiger charge is 2.03. The Balaban J connectivity index is 1.74. The quantitative estimate of drug-likeness (QED) is 0.751. The zero-order valence-electron chi connectivity index (χ0n) is 13.4. The lowest BCUT2D eigenvalue weighted by Gasteiger charge is -2.11. The van der Waals surface area contributed by atoms with Gasteiger partial charge in [0.15, 0.2) is 11.5 Å². The zero-order valence-corrected chi connectivity index (χ0v) is 13.4. The highest BCUT2D eigenvalue weighted by atomic mass is 16.5. The van der Waals surface area contributed by atoms with Gasteiger partial charge < -0.3 is 19.5 Å². The van der Waals surface area contributed by atoms with Crippen molar-refractivity contribution in [2.45, 2.75) is 13.3 Å². The molecule has 0 radical (unpaired) electrons. The Hall–Kier alpha value is -2.36. The molecule has 2 rings (SSSR count). The SMILES string of the molecule is COc1ccc(NCCCOc2cccc(C)c2)cc1OC. The molecule has 0 saturated heterocycles. The van der Waals surface area contributed by atoms with Gasteiger partial charge in [0.2, 0.25) is 0 Å². The van der Waals surface area contributed by atoms with E-state index in [2.05, 4.69) is 18.3 Å². The van der Waals surface area contributed by atoms with Crippen molar-refractivity contribution in [2.75, 3.05) is 32.7 Å². The normalized spacial score (nSPS) is 10.1. The molecule has 4 nitrogen and oxygen atoms in total. The van der Waals surface area contributed by atoms with Gasteiger partial charge in [0.25, 0.3) is 0 Å². The van der Waals surface area contributed by atoms with Crippen LogP contribution in [0.2, 0.25) is 0 Å². The fourth-order valence-corrected chi connectivity index (χ4v) is 2.15. The Morgan fingerprint density at radius 3 is 2.50 bits per heavy atom. The fourth-order valence-electron chi connectivity index (χ4n) is 2.15. The van der Waals surface area contributed by atoms with Gasteiger partial charge in [0.1, 0.15) is 5.75 Å². The Kier molecular flexibility index (Phi) is 5.95. The molecule has 118 valence electrons. The maximum Gasteiger partial charge on any atom is 0.162 e. The van der Waals surface area contributed by atoms with Crippen molar-refractivity contribution >= 4 is 5.69 Å². The highest BCUT2D eigenvalue weighted by molar-refractivity contribution is 5.54. The van der Waals surface area contributed by atoms with Crippen LogP contribution in [0.25, 0.3) is 0 Å². The number of ether oxygens (including phenoxy) is 3. The van der Waals surface area contributed by atoms with E-state index in [0.29, 0.717) is 6.61 Å². The van der Waals surface area contributed by atoms with E-state index in [1.54, 1.807) is 14.2 Å². The molecule has 0 amide bonds. The summed E-state index contributed by atoms with van der Waals surface area (Å²) in [7, 11) is 3.27. The second-order valence-corrected chi connectivity index (χ2v) is 5.02. The Bertz CT molecular complexity index is 599. The number of hydrogen-bond acceptors (Lipinski definition) is 4. The van der Waals surface area contributed by atoms with Crippen molar-refractivity contribution < 1.29 is 14.2 Å². The molecule has 0 bridgehead atoms. The maximum atomic E-state index is 5.72. The molecule has 0 saturated carbocycles. The van der Waals surface area contributed by atoms with E-state index >= 15 is 0 Å². The molecule has 2 aromatic rings. The minimum absolute atomic E-state index is 0.684. The average molecular weight is 301 g/mol. The zero-order chi connectivity index (χ0) is 15.8. The largest absolute Gasteiger partial charge is 0.494 e. The summed E-state index contributed by atoms with van der Waals surface area (Å²) in [5.41, 5.74) is 2.22. The van der Waals surface area contributed by atoms with E-state index in [1.807, 2.05) is 36.4 Å². The van der Waals surface area contributed by atoms with E-state index in [0.717, 1.165) is 35.9 Å². The summed E-state index contributed by atoms with van der Waals surface area (Å²) in [5.74, 6) is 2.38. The van der Waals surface area contributed by atoms with Crippen LogP contribution in [0.5, 0.6) is 17.2 Å². The number of anilines is 1. The van der Waals surface area contributed by atoms with Crippen LogP contribution in [-0.4, -0.2) is 27.4 Å². The average Bonchev–Trinajstić information content (AvgIpc) is 2.54. The van der Waals surface area contributed by atoms with Gasteiger partial charge in [0.05, 0.1) is 20.8 Å². The Morgan fingerprint density at radius 1 is 0.955 bits per heavy atom. The smallest absolute Gasteiger partial charge is 0.162 e. The second kappa shape index (κ2) is 8.17. The first kappa shape index (κ1) is 16.0. The Morgan fingerprint density at radius 2 is 1.77 bits per heavy atom. The molecular formula is C18H23NO3. The van der Waals surface area contributed by atoms with Crippen molar-refractivity contribution in [2.24, 2.45) is 0 Å². The molecule has 0 aliphatic heterocycles. The summed E-state index contributed by atoms with van der Waals surface area (Å²) in [4.78, 5) is 0. The van der Waals surface area contributed by atoms with Crippen LogP contribution in [0.1, 0.15) is 12.0 Å². The second-order valence-electron chi connectivity index (χ2n) is 5.02. The van der Waals surface area contributed by atoms with E-state index in [4.69, 9.17) is 14.2 Å². The Labute approximate surface area is 132 Å². The summed E-state index contributed by atoms with van der Waals surface area (Å²) in [6, 6.07) is 13.9. The first-order valence-corrected chi connectivity index (χ1v) is 7.38. The molecule has 0 heterocycles. The van der Waals surface area contributed by atoms with Crippen LogP contribution >= 0.6 is 0 Å². The molecule has 2 aromatic carbocycles. The summed E-state index contributed by atoms with van der Waals surface area (Å²) in [5, 5.41) is 3.35. The number of methoxy groups -OCH3 is 2. The maximum absolute atomic E-state index is 5.72. The minimum Gasteiger partial charge on any atom is -0.494 e. The first-order chi connectivity index (χ1) is 10.7. The standard InChI is InChI=1S/C18H23NO3/c1-14-6-4-7-16(12-14)22-11-5-10-19-15-8-9-17(20-2)18(13-15)21-3/h4,6-9,12-13,19H,5,10-11H2,1-3H3. The summed E-state index contributed by atoms with van der Waals surface area (Å²) in [6.07, 6.45) is 0.919. The van der Waals surface area contributed by atoms with Crippen molar-refractivity contribution in [3.05, 3.63) is 48.0 Å². The molecule has 0 aromatic heterocycles. The lowest BCUT2D eigenvalue weighted by molar-refractivity contribution is 0.315. The molecule has 0 unspecified atom stereocenters. The van der Waals surface area contributed by atoms with Crippen LogP contribution < -0.4 is 19.5 Å². The van der Waals surface area contributed by atoms with Crippen molar-refractivity contribution in [3.63, 3.8) is 0 Å². The van der Waals surface area contributed by atoms with Gasteiger partial charge in [-0.1, -0.05) is 12.1 Å². The van der Waals surface area contributed by atoms with Gasteiger partial charge in [-0.25, -0.2) is 0 Å². The van der Waals surface area contributed by atoms with E-state index < -0.39 is 0 Å². The van der Waals surface area contributed by atoms with Crippen LogP contribution in [0.3, 0.4) is 0 Å². The number of nitrogens with one attached hydrogen (secondary N) is 1. The lowest BCUT2D eigenvalue weighted by Crippen LogP contribution is -2.07. The summed E-state index contributed by atoms with van der Waals surface area (Å²) in [6.45, 7) is 3.58. The molecule has 22 heavy (non-hydrogen) atoms. The number of rotatable bonds is 8. The number of aryl methyl sites for hydroxylation is 1. The minimum atomic E-state index is 0.684. The van der Waals surface area contributed by atoms with Crippen LogP contribution in [0, 0.1) is 6.92 Å². The van der Waals surface area contributed by atoms with Gasteiger partial charge in [-0.05, 0) is 43.2 Å². The number of hydrogen-bond donors (Lipinski definition) is 1. The van der Waals surface area contributed by atoms with Crippen molar-refractivity contribution in [3.8, 4) is 17.2 Å². The number of benzene rings is 2. The molecular weight excluding hydrogens is 278 g/mol. The van der Waals surface area contributed by atoms with Crippen LogP contribution in [0.15, 0.2) is 42.5 Å². The van der Waals surface area contributed by atoms with Gasteiger partial charge in [-0.3, -0.25) is 0 Å². The molecule has 0 aliphatic rings. The third kappa shape index (κ3) is 4.58. The molecule has 4 heteroatoms.